The number of nitrogens with zero attached hydrogens (tertiary/aromatic N) is 3. The summed E-state index contributed by atoms with van der Waals surface area (Å²) in [4.78, 5) is 4.41. The molecular formula is C11H14BrN3. The van der Waals surface area contributed by atoms with E-state index in [0.29, 0.717) is 5.92 Å². The monoisotopic (exact) mass is 267 g/mol. The summed E-state index contributed by atoms with van der Waals surface area (Å²) in [5.41, 5.74) is 3.09. The zero-order valence-electron chi connectivity index (χ0n) is 9.16. The van der Waals surface area contributed by atoms with Gasteiger partial charge in [0, 0.05) is 12.4 Å². The van der Waals surface area contributed by atoms with Gasteiger partial charge in [-0.1, -0.05) is 13.8 Å². The van der Waals surface area contributed by atoms with Gasteiger partial charge in [-0.15, -0.1) is 0 Å². The summed E-state index contributed by atoms with van der Waals surface area (Å²) < 4.78 is 2.83. The second kappa shape index (κ2) is 3.93. The molecule has 15 heavy (non-hydrogen) atoms. The summed E-state index contributed by atoms with van der Waals surface area (Å²) in [5, 5.41) is 4.39. The highest BCUT2D eigenvalue weighted by Crippen LogP contribution is 2.20. The average molecular weight is 268 g/mol. The van der Waals surface area contributed by atoms with E-state index >= 15 is 0 Å². The third kappa shape index (κ3) is 2.04. The Bertz CT molecular complexity index is 488. The number of hydrogen-bond donors (Lipinski definition) is 0. The maximum Gasteiger partial charge on any atom is 0.169 e. The molecule has 2 aromatic heterocycles. The number of rotatable bonds is 2. The molecule has 0 spiro atoms. The van der Waals surface area contributed by atoms with Crippen molar-refractivity contribution in [2.24, 2.45) is 5.92 Å². The van der Waals surface area contributed by atoms with E-state index in [0.717, 1.165) is 22.2 Å². The summed E-state index contributed by atoms with van der Waals surface area (Å²) >= 11 is 3.48. The number of fused-ring (bicyclic) bond motifs is 1. The highest BCUT2D eigenvalue weighted by atomic mass is 79.9. The maximum atomic E-state index is 4.41. The van der Waals surface area contributed by atoms with E-state index in [4.69, 9.17) is 0 Å². The number of aryl methyl sites for hydroxylation is 1. The highest BCUT2D eigenvalue weighted by Gasteiger charge is 2.08. The SMILES string of the molecule is Cc1nn2cc(CC(C)C)cnc2c1Br. The Kier molecular flexibility index (Phi) is 2.78. The number of halogens is 1. The summed E-state index contributed by atoms with van der Waals surface area (Å²) in [7, 11) is 0. The van der Waals surface area contributed by atoms with Crippen LogP contribution >= 0.6 is 15.9 Å². The lowest BCUT2D eigenvalue weighted by Crippen LogP contribution is -1.98. The molecule has 0 radical (unpaired) electrons. The normalized spacial score (nSPS) is 11.5. The summed E-state index contributed by atoms with van der Waals surface area (Å²) in [6.07, 6.45) is 5.03. The van der Waals surface area contributed by atoms with Crippen LogP contribution in [0.4, 0.5) is 0 Å². The van der Waals surface area contributed by atoms with Crippen molar-refractivity contribution in [3.63, 3.8) is 0 Å². The molecule has 4 heteroatoms. The van der Waals surface area contributed by atoms with Gasteiger partial charge in [-0.2, -0.15) is 5.10 Å². The van der Waals surface area contributed by atoms with E-state index < -0.39 is 0 Å². The van der Waals surface area contributed by atoms with Gasteiger partial charge in [-0.05, 0) is 40.8 Å². The second-order valence-electron chi connectivity index (χ2n) is 4.23. The van der Waals surface area contributed by atoms with Crippen LogP contribution in [0, 0.1) is 12.8 Å². The Morgan fingerprint density at radius 1 is 1.47 bits per heavy atom. The second-order valence-corrected chi connectivity index (χ2v) is 5.02. The fourth-order valence-corrected chi connectivity index (χ4v) is 2.00. The van der Waals surface area contributed by atoms with E-state index in [1.54, 1.807) is 0 Å². The van der Waals surface area contributed by atoms with Crippen molar-refractivity contribution in [2.75, 3.05) is 0 Å². The van der Waals surface area contributed by atoms with Crippen LogP contribution in [-0.2, 0) is 6.42 Å². The Labute approximate surface area is 97.6 Å². The van der Waals surface area contributed by atoms with Crippen LogP contribution in [0.5, 0.6) is 0 Å². The van der Waals surface area contributed by atoms with E-state index in [-0.39, 0.29) is 0 Å². The van der Waals surface area contributed by atoms with E-state index in [1.165, 1.54) is 5.56 Å². The van der Waals surface area contributed by atoms with Crippen molar-refractivity contribution in [1.29, 1.82) is 0 Å². The van der Waals surface area contributed by atoms with Gasteiger partial charge in [0.25, 0.3) is 0 Å². The van der Waals surface area contributed by atoms with Crippen molar-refractivity contribution in [3.05, 3.63) is 28.1 Å². The zero-order chi connectivity index (χ0) is 11.0. The Morgan fingerprint density at radius 3 is 2.87 bits per heavy atom. The fourth-order valence-electron chi connectivity index (χ4n) is 1.63. The fraction of sp³-hybridized carbons (Fsp3) is 0.455. The zero-order valence-corrected chi connectivity index (χ0v) is 10.7. The molecule has 3 nitrogen and oxygen atoms in total. The van der Waals surface area contributed by atoms with Crippen LogP contribution in [0.15, 0.2) is 16.9 Å². The molecule has 0 aliphatic carbocycles. The van der Waals surface area contributed by atoms with Crippen LogP contribution < -0.4 is 0 Å². The maximum absolute atomic E-state index is 4.41. The van der Waals surface area contributed by atoms with Crippen molar-refractivity contribution in [2.45, 2.75) is 27.2 Å². The lowest BCUT2D eigenvalue weighted by atomic mass is 10.1. The van der Waals surface area contributed by atoms with Crippen LogP contribution in [0.25, 0.3) is 5.65 Å². The predicted molar refractivity (Wildman–Crippen MR) is 64.0 cm³/mol. The van der Waals surface area contributed by atoms with Gasteiger partial charge in [-0.3, -0.25) is 0 Å². The number of aromatic nitrogens is 3. The van der Waals surface area contributed by atoms with Gasteiger partial charge in [0.05, 0.1) is 10.2 Å². The van der Waals surface area contributed by atoms with Gasteiger partial charge in [0.15, 0.2) is 5.65 Å². The lowest BCUT2D eigenvalue weighted by Gasteiger charge is -2.04. The molecule has 0 fully saturated rings. The largest absolute Gasteiger partial charge is 0.236 e. The van der Waals surface area contributed by atoms with Gasteiger partial charge in [0.1, 0.15) is 0 Å². The molecule has 0 N–H and O–H groups in total. The molecule has 0 saturated heterocycles. The highest BCUT2D eigenvalue weighted by molar-refractivity contribution is 9.10. The van der Waals surface area contributed by atoms with E-state index in [9.17, 15) is 0 Å². The van der Waals surface area contributed by atoms with Gasteiger partial charge in [0.2, 0.25) is 0 Å². The summed E-state index contributed by atoms with van der Waals surface area (Å²) in [6, 6.07) is 0. The molecule has 0 aliphatic rings. The Morgan fingerprint density at radius 2 is 2.20 bits per heavy atom. The molecule has 0 saturated carbocycles. The van der Waals surface area contributed by atoms with Gasteiger partial charge < -0.3 is 0 Å². The Balaban J connectivity index is 2.47. The van der Waals surface area contributed by atoms with E-state index in [2.05, 4.69) is 46.1 Å². The molecule has 0 aliphatic heterocycles. The van der Waals surface area contributed by atoms with Crippen molar-refractivity contribution < 1.29 is 0 Å². The molecule has 0 unspecified atom stereocenters. The smallest absolute Gasteiger partial charge is 0.169 e. The minimum atomic E-state index is 0.643. The van der Waals surface area contributed by atoms with Crippen LogP contribution in [0.3, 0.4) is 0 Å². The molecule has 0 amide bonds. The Hall–Kier alpha value is -0.900. The average Bonchev–Trinajstić information content (AvgIpc) is 2.41. The quantitative estimate of drug-likeness (QED) is 0.838. The topological polar surface area (TPSA) is 30.2 Å². The van der Waals surface area contributed by atoms with Crippen molar-refractivity contribution in [1.82, 2.24) is 14.6 Å². The molecule has 2 rings (SSSR count). The van der Waals surface area contributed by atoms with E-state index in [1.807, 2.05) is 17.6 Å². The first-order valence-electron chi connectivity index (χ1n) is 5.07. The molecule has 2 heterocycles. The molecule has 0 aromatic carbocycles. The molecule has 0 bridgehead atoms. The first kappa shape index (κ1) is 10.6. The lowest BCUT2D eigenvalue weighted by molar-refractivity contribution is 0.641. The first-order chi connectivity index (χ1) is 7.08. The third-order valence-corrected chi connectivity index (χ3v) is 3.20. The van der Waals surface area contributed by atoms with Crippen LogP contribution in [0.1, 0.15) is 25.1 Å². The minimum absolute atomic E-state index is 0.643. The van der Waals surface area contributed by atoms with Crippen molar-refractivity contribution >= 4 is 21.6 Å². The van der Waals surface area contributed by atoms with Crippen LogP contribution in [0.2, 0.25) is 0 Å². The first-order valence-corrected chi connectivity index (χ1v) is 5.86. The third-order valence-electron chi connectivity index (χ3n) is 2.27. The molecule has 0 atom stereocenters. The molecule has 2 aromatic rings. The summed E-state index contributed by atoms with van der Waals surface area (Å²) in [5.74, 6) is 0.643. The van der Waals surface area contributed by atoms with Crippen LogP contribution in [-0.4, -0.2) is 14.6 Å². The van der Waals surface area contributed by atoms with Gasteiger partial charge in [-0.25, -0.2) is 9.50 Å². The van der Waals surface area contributed by atoms with Gasteiger partial charge >= 0.3 is 0 Å². The minimum Gasteiger partial charge on any atom is -0.236 e. The number of hydrogen-bond acceptors (Lipinski definition) is 2. The molecule has 80 valence electrons. The van der Waals surface area contributed by atoms with Crippen molar-refractivity contribution in [3.8, 4) is 0 Å². The predicted octanol–water partition coefficient (Wildman–Crippen LogP) is 3.00. The summed E-state index contributed by atoms with van der Waals surface area (Å²) in [6.45, 7) is 6.38. The standard InChI is InChI=1S/C11H14BrN3/c1-7(2)4-9-5-13-11-10(12)8(3)14-15(11)6-9/h5-7H,4H2,1-3H3. The molecular weight excluding hydrogens is 254 g/mol.